The minimum absolute atomic E-state index is 0.560. The number of nitrogens with two attached hydrogens (primary N) is 1. The van der Waals surface area contributed by atoms with Crippen LogP contribution in [0.4, 0.5) is 0 Å². The van der Waals surface area contributed by atoms with E-state index in [0.717, 1.165) is 26.1 Å². The van der Waals surface area contributed by atoms with E-state index < -0.39 is 0 Å². The quantitative estimate of drug-likeness (QED) is 0.643. The number of hydrogen-bond acceptors (Lipinski definition) is 3. The van der Waals surface area contributed by atoms with Crippen LogP contribution in [0.25, 0.3) is 0 Å². The second-order valence-corrected chi connectivity index (χ2v) is 4.67. The van der Waals surface area contributed by atoms with Gasteiger partial charge in [0.2, 0.25) is 0 Å². The molecular weight excluding hydrogens is 194 g/mol. The summed E-state index contributed by atoms with van der Waals surface area (Å²) in [6, 6.07) is 0.560. The average Bonchev–Trinajstić information content (AvgIpc) is 2.02. The van der Waals surface area contributed by atoms with Crippen LogP contribution in [0.5, 0.6) is 0 Å². The van der Waals surface area contributed by atoms with E-state index >= 15 is 0 Å². The highest BCUT2D eigenvalue weighted by Gasteiger charge is 2.09. The Morgan fingerprint density at radius 3 is 2.14 bits per heavy atom. The van der Waals surface area contributed by atoms with E-state index in [1.54, 1.807) is 0 Å². The van der Waals surface area contributed by atoms with Gasteiger partial charge in [-0.25, -0.2) is 0 Å². The molecule has 0 saturated carbocycles. The van der Waals surface area contributed by atoms with Crippen molar-refractivity contribution in [1.29, 1.82) is 0 Å². The normalized spacial score (nSPS) is 11.6. The molecule has 0 amide bonds. The third-order valence-corrected chi connectivity index (χ3v) is 2.41. The first-order valence-corrected chi connectivity index (χ1v) is 5.51. The van der Waals surface area contributed by atoms with Gasteiger partial charge in [-0.1, -0.05) is 12.2 Å². The van der Waals surface area contributed by atoms with Crippen molar-refractivity contribution in [1.82, 2.24) is 9.80 Å². The first-order valence-electron chi connectivity index (χ1n) is 5.10. The summed E-state index contributed by atoms with van der Waals surface area (Å²) in [6.45, 7) is 7.54. The smallest absolute Gasteiger partial charge is 0.0740 e. The maximum absolute atomic E-state index is 5.49. The van der Waals surface area contributed by atoms with Crippen molar-refractivity contribution in [3.63, 3.8) is 0 Å². The van der Waals surface area contributed by atoms with Gasteiger partial charge in [-0.15, -0.1) is 0 Å². The summed E-state index contributed by atoms with van der Waals surface area (Å²) < 4.78 is 0. The van der Waals surface area contributed by atoms with Crippen LogP contribution in [0, 0.1) is 0 Å². The molecule has 2 N–H and O–H groups in total. The number of rotatable bonds is 7. The zero-order valence-corrected chi connectivity index (χ0v) is 10.6. The monoisotopic (exact) mass is 217 g/mol. The van der Waals surface area contributed by atoms with E-state index in [-0.39, 0.29) is 0 Å². The number of thiocarbonyl (C=S) groups is 1. The summed E-state index contributed by atoms with van der Waals surface area (Å²) in [5, 5.41) is 0. The van der Waals surface area contributed by atoms with Crippen molar-refractivity contribution in [2.24, 2.45) is 5.73 Å². The van der Waals surface area contributed by atoms with E-state index in [0.29, 0.717) is 11.0 Å². The van der Waals surface area contributed by atoms with Crippen molar-refractivity contribution in [2.75, 3.05) is 33.7 Å². The molecule has 0 heterocycles. The van der Waals surface area contributed by atoms with Gasteiger partial charge in [0.05, 0.1) is 4.99 Å². The molecule has 4 heteroatoms. The largest absolute Gasteiger partial charge is 0.393 e. The lowest BCUT2D eigenvalue weighted by atomic mass is 10.3. The van der Waals surface area contributed by atoms with Gasteiger partial charge in [-0.2, -0.15) is 0 Å². The highest BCUT2D eigenvalue weighted by molar-refractivity contribution is 7.80. The molecule has 0 rings (SSSR count). The molecule has 84 valence electrons. The highest BCUT2D eigenvalue weighted by atomic mass is 32.1. The first kappa shape index (κ1) is 13.8. The number of nitrogens with zero attached hydrogens (tertiary/aromatic N) is 2. The van der Waals surface area contributed by atoms with E-state index in [1.165, 1.54) is 0 Å². The molecular formula is C10H23N3S. The molecule has 0 radical (unpaired) electrons. The Kier molecular flexibility index (Phi) is 7.05. The Morgan fingerprint density at radius 1 is 1.21 bits per heavy atom. The molecule has 0 spiro atoms. The van der Waals surface area contributed by atoms with Crippen LogP contribution in [0.3, 0.4) is 0 Å². The van der Waals surface area contributed by atoms with Gasteiger partial charge in [0, 0.05) is 32.1 Å². The van der Waals surface area contributed by atoms with Crippen LogP contribution in [0.15, 0.2) is 0 Å². The highest BCUT2D eigenvalue weighted by Crippen LogP contribution is 1.99. The van der Waals surface area contributed by atoms with Crippen LogP contribution in [0.1, 0.15) is 20.3 Å². The molecule has 0 unspecified atom stereocenters. The number of hydrogen-bond donors (Lipinski definition) is 1. The summed E-state index contributed by atoms with van der Waals surface area (Å²) in [4.78, 5) is 5.20. The number of likely N-dealkylation sites (N-methyl/N-ethyl adjacent to an activating group) is 1. The lowest BCUT2D eigenvalue weighted by Crippen LogP contribution is -2.38. The van der Waals surface area contributed by atoms with E-state index in [1.807, 2.05) is 0 Å². The molecule has 0 aromatic heterocycles. The van der Waals surface area contributed by atoms with Crippen LogP contribution in [0.2, 0.25) is 0 Å². The van der Waals surface area contributed by atoms with Gasteiger partial charge in [0.25, 0.3) is 0 Å². The Labute approximate surface area is 93.2 Å². The van der Waals surface area contributed by atoms with Gasteiger partial charge < -0.3 is 10.6 Å². The summed E-state index contributed by atoms with van der Waals surface area (Å²) in [5.41, 5.74) is 5.49. The van der Waals surface area contributed by atoms with Gasteiger partial charge in [0.1, 0.15) is 0 Å². The van der Waals surface area contributed by atoms with Gasteiger partial charge in [-0.05, 0) is 27.9 Å². The molecule has 0 aliphatic rings. The predicted octanol–water partition coefficient (Wildman–Crippen LogP) is 0.935. The standard InChI is InChI=1S/C10H23N3S/c1-9(2)13(6-5-10(11)14)8-7-12(3)4/h9H,5-8H2,1-4H3,(H2,11,14). The molecule has 0 bridgehead atoms. The second-order valence-electron chi connectivity index (χ2n) is 4.15. The lowest BCUT2D eigenvalue weighted by Gasteiger charge is -2.27. The Balaban J connectivity index is 3.84. The zero-order chi connectivity index (χ0) is 11.1. The summed E-state index contributed by atoms with van der Waals surface area (Å²) in [6.07, 6.45) is 0.820. The van der Waals surface area contributed by atoms with Crippen LogP contribution >= 0.6 is 12.2 Å². The van der Waals surface area contributed by atoms with Crippen molar-refractivity contribution < 1.29 is 0 Å². The predicted molar refractivity (Wildman–Crippen MR) is 66.7 cm³/mol. The van der Waals surface area contributed by atoms with Crippen molar-refractivity contribution in [3.8, 4) is 0 Å². The molecule has 0 aromatic rings. The summed E-state index contributed by atoms with van der Waals surface area (Å²) in [5.74, 6) is 0. The molecule has 3 nitrogen and oxygen atoms in total. The molecule has 14 heavy (non-hydrogen) atoms. The van der Waals surface area contributed by atoms with Crippen LogP contribution < -0.4 is 5.73 Å². The SMILES string of the molecule is CC(C)N(CCC(N)=S)CCN(C)C. The molecule has 0 atom stereocenters. The summed E-state index contributed by atoms with van der Waals surface area (Å²) >= 11 is 4.88. The van der Waals surface area contributed by atoms with Crippen molar-refractivity contribution in [2.45, 2.75) is 26.3 Å². The fraction of sp³-hybridized carbons (Fsp3) is 0.900. The van der Waals surface area contributed by atoms with Gasteiger partial charge in [-0.3, -0.25) is 4.90 Å². The lowest BCUT2D eigenvalue weighted by molar-refractivity contribution is 0.204. The second kappa shape index (κ2) is 7.15. The Bertz CT molecular complexity index is 169. The average molecular weight is 217 g/mol. The van der Waals surface area contributed by atoms with Gasteiger partial charge in [0.15, 0.2) is 0 Å². The van der Waals surface area contributed by atoms with Gasteiger partial charge >= 0.3 is 0 Å². The molecule has 0 aliphatic heterocycles. The maximum atomic E-state index is 5.49. The molecule has 0 aromatic carbocycles. The zero-order valence-electron chi connectivity index (χ0n) is 9.79. The topological polar surface area (TPSA) is 32.5 Å². The third kappa shape index (κ3) is 7.24. The van der Waals surface area contributed by atoms with Crippen molar-refractivity contribution >= 4 is 17.2 Å². The Morgan fingerprint density at radius 2 is 1.79 bits per heavy atom. The first-order chi connectivity index (χ1) is 6.43. The van der Waals surface area contributed by atoms with E-state index in [9.17, 15) is 0 Å². The van der Waals surface area contributed by atoms with Crippen LogP contribution in [-0.2, 0) is 0 Å². The molecule has 0 fully saturated rings. The van der Waals surface area contributed by atoms with Crippen molar-refractivity contribution in [3.05, 3.63) is 0 Å². The fourth-order valence-corrected chi connectivity index (χ4v) is 1.30. The van der Waals surface area contributed by atoms with Crippen LogP contribution in [-0.4, -0.2) is 54.6 Å². The van der Waals surface area contributed by atoms with E-state index in [2.05, 4.69) is 37.7 Å². The minimum atomic E-state index is 0.560. The Hall–Kier alpha value is -0.190. The molecule has 0 saturated heterocycles. The maximum Gasteiger partial charge on any atom is 0.0740 e. The third-order valence-electron chi connectivity index (χ3n) is 2.21. The van der Waals surface area contributed by atoms with E-state index in [4.69, 9.17) is 18.0 Å². The molecule has 0 aliphatic carbocycles. The fourth-order valence-electron chi connectivity index (χ4n) is 1.21. The summed E-state index contributed by atoms with van der Waals surface area (Å²) in [7, 11) is 4.18. The minimum Gasteiger partial charge on any atom is -0.393 e.